The molecule has 3 rings (SSSR count). The van der Waals surface area contributed by atoms with E-state index in [1.165, 1.54) is 17.5 Å². The summed E-state index contributed by atoms with van der Waals surface area (Å²) in [6.07, 6.45) is 3.11. The first-order valence-corrected chi connectivity index (χ1v) is 6.10. The molecule has 0 saturated heterocycles. The highest BCUT2D eigenvalue weighted by molar-refractivity contribution is 5.60. The normalized spacial score (nSPS) is 13.9. The summed E-state index contributed by atoms with van der Waals surface area (Å²) in [4.78, 5) is 0. The third-order valence-electron chi connectivity index (χ3n) is 3.28. The Balaban J connectivity index is 2.08. The van der Waals surface area contributed by atoms with E-state index in [4.69, 9.17) is 5.73 Å². The zero-order valence-corrected chi connectivity index (χ0v) is 9.76. The van der Waals surface area contributed by atoms with E-state index in [-0.39, 0.29) is 0 Å². The van der Waals surface area contributed by atoms with Crippen molar-refractivity contribution in [2.24, 2.45) is 5.73 Å². The molecule has 2 aromatic rings. The van der Waals surface area contributed by atoms with Crippen LogP contribution in [0, 0.1) is 0 Å². The lowest BCUT2D eigenvalue weighted by Crippen LogP contribution is -2.05. The number of nitrogens with two attached hydrogens (primary N) is 1. The molecule has 0 spiro atoms. The molecule has 0 fully saturated rings. The van der Waals surface area contributed by atoms with Gasteiger partial charge in [0, 0.05) is 18.5 Å². The van der Waals surface area contributed by atoms with E-state index in [2.05, 4.69) is 33.0 Å². The molecular formula is C13H16N4. The van der Waals surface area contributed by atoms with Crippen molar-refractivity contribution in [3.05, 3.63) is 35.7 Å². The molecule has 1 aliphatic rings. The zero-order valence-electron chi connectivity index (χ0n) is 9.76. The van der Waals surface area contributed by atoms with Gasteiger partial charge in [0.05, 0.1) is 0 Å². The Hall–Kier alpha value is -1.68. The lowest BCUT2D eigenvalue weighted by Gasteiger charge is -2.08. The van der Waals surface area contributed by atoms with Gasteiger partial charge in [-0.3, -0.25) is 0 Å². The highest BCUT2D eigenvalue weighted by Crippen LogP contribution is 2.26. The number of hydrogen-bond acceptors (Lipinski definition) is 3. The highest BCUT2D eigenvalue weighted by Gasteiger charge is 2.19. The SMILES string of the molecule is NCCc1ccccc1-c1nnc2n1CCC2. The van der Waals surface area contributed by atoms with Gasteiger partial charge < -0.3 is 10.3 Å². The maximum Gasteiger partial charge on any atom is 0.164 e. The van der Waals surface area contributed by atoms with Crippen LogP contribution in [0.3, 0.4) is 0 Å². The molecule has 0 aliphatic carbocycles. The fourth-order valence-electron chi connectivity index (χ4n) is 2.46. The van der Waals surface area contributed by atoms with E-state index in [1.807, 2.05) is 6.07 Å². The van der Waals surface area contributed by atoms with Crippen LogP contribution in [0.4, 0.5) is 0 Å². The maximum absolute atomic E-state index is 5.65. The van der Waals surface area contributed by atoms with Crippen molar-refractivity contribution in [3.63, 3.8) is 0 Å². The van der Waals surface area contributed by atoms with Crippen LogP contribution in [0.15, 0.2) is 24.3 Å². The topological polar surface area (TPSA) is 56.7 Å². The first-order chi connectivity index (χ1) is 8.40. The van der Waals surface area contributed by atoms with Crippen molar-refractivity contribution in [2.45, 2.75) is 25.8 Å². The van der Waals surface area contributed by atoms with Gasteiger partial charge in [-0.25, -0.2) is 0 Å². The standard InChI is InChI=1S/C13H16N4/c14-8-7-10-4-1-2-5-11(10)13-16-15-12-6-3-9-17(12)13/h1-2,4-5H,3,6-9,14H2. The average Bonchev–Trinajstić information content (AvgIpc) is 2.92. The van der Waals surface area contributed by atoms with Gasteiger partial charge in [-0.05, 0) is 24.9 Å². The summed E-state index contributed by atoms with van der Waals surface area (Å²) >= 11 is 0. The maximum atomic E-state index is 5.65. The average molecular weight is 228 g/mol. The quantitative estimate of drug-likeness (QED) is 0.863. The molecule has 4 heteroatoms. The molecule has 0 bridgehead atoms. The third kappa shape index (κ3) is 1.74. The van der Waals surface area contributed by atoms with Crippen LogP contribution in [0.25, 0.3) is 11.4 Å². The van der Waals surface area contributed by atoms with E-state index >= 15 is 0 Å². The molecule has 2 heterocycles. The van der Waals surface area contributed by atoms with Crippen molar-refractivity contribution in [3.8, 4) is 11.4 Å². The van der Waals surface area contributed by atoms with Crippen LogP contribution < -0.4 is 5.73 Å². The van der Waals surface area contributed by atoms with Crippen LogP contribution in [-0.4, -0.2) is 21.3 Å². The predicted molar refractivity (Wildman–Crippen MR) is 66.5 cm³/mol. The largest absolute Gasteiger partial charge is 0.330 e. The Bertz CT molecular complexity index is 530. The summed E-state index contributed by atoms with van der Waals surface area (Å²) < 4.78 is 2.23. The van der Waals surface area contributed by atoms with Crippen LogP contribution in [0.2, 0.25) is 0 Å². The van der Waals surface area contributed by atoms with Gasteiger partial charge in [-0.15, -0.1) is 10.2 Å². The van der Waals surface area contributed by atoms with E-state index in [0.717, 1.165) is 31.0 Å². The van der Waals surface area contributed by atoms with E-state index in [0.29, 0.717) is 6.54 Å². The fraction of sp³-hybridized carbons (Fsp3) is 0.385. The lowest BCUT2D eigenvalue weighted by atomic mass is 10.0. The Kier molecular flexibility index (Phi) is 2.65. The number of benzene rings is 1. The van der Waals surface area contributed by atoms with E-state index in [1.54, 1.807) is 0 Å². The van der Waals surface area contributed by atoms with Crippen molar-refractivity contribution >= 4 is 0 Å². The monoisotopic (exact) mass is 228 g/mol. The third-order valence-corrected chi connectivity index (χ3v) is 3.28. The number of rotatable bonds is 3. The number of nitrogens with zero attached hydrogens (tertiary/aromatic N) is 3. The zero-order chi connectivity index (χ0) is 11.7. The predicted octanol–water partition coefficient (Wildman–Crippen LogP) is 1.39. The molecule has 4 nitrogen and oxygen atoms in total. The second kappa shape index (κ2) is 4.30. The lowest BCUT2D eigenvalue weighted by molar-refractivity contribution is 0.747. The molecule has 88 valence electrons. The van der Waals surface area contributed by atoms with Gasteiger partial charge >= 0.3 is 0 Å². The van der Waals surface area contributed by atoms with Crippen LogP contribution in [-0.2, 0) is 19.4 Å². The molecule has 2 N–H and O–H groups in total. The molecule has 1 aromatic carbocycles. The Morgan fingerprint density at radius 1 is 1.24 bits per heavy atom. The Morgan fingerprint density at radius 2 is 2.12 bits per heavy atom. The first-order valence-electron chi connectivity index (χ1n) is 6.10. The Morgan fingerprint density at radius 3 is 3.00 bits per heavy atom. The molecule has 1 aliphatic heterocycles. The molecular weight excluding hydrogens is 212 g/mol. The Labute approximate surface area is 100 Å². The van der Waals surface area contributed by atoms with Gasteiger partial charge in [0.1, 0.15) is 5.82 Å². The smallest absolute Gasteiger partial charge is 0.164 e. The molecule has 0 unspecified atom stereocenters. The van der Waals surface area contributed by atoms with Gasteiger partial charge in [0.25, 0.3) is 0 Å². The summed E-state index contributed by atoms with van der Waals surface area (Å²) in [6, 6.07) is 8.33. The van der Waals surface area contributed by atoms with Gasteiger partial charge in [-0.2, -0.15) is 0 Å². The highest BCUT2D eigenvalue weighted by atomic mass is 15.3. The molecule has 1 aromatic heterocycles. The van der Waals surface area contributed by atoms with Gasteiger partial charge in [0.2, 0.25) is 0 Å². The van der Waals surface area contributed by atoms with Crippen LogP contribution in [0.1, 0.15) is 17.8 Å². The molecule has 0 radical (unpaired) electrons. The summed E-state index contributed by atoms with van der Waals surface area (Å²) in [5.41, 5.74) is 8.09. The molecule has 0 saturated carbocycles. The van der Waals surface area contributed by atoms with Crippen molar-refractivity contribution in [1.82, 2.24) is 14.8 Å². The summed E-state index contributed by atoms with van der Waals surface area (Å²) in [7, 11) is 0. The molecule has 17 heavy (non-hydrogen) atoms. The summed E-state index contributed by atoms with van der Waals surface area (Å²) in [5.74, 6) is 2.11. The molecule has 0 amide bonds. The van der Waals surface area contributed by atoms with Crippen molar-refractivity contribution in [1.29, 1.82) is 0 Å². The number of aromatic nitrogens is 3. The van der Waals surface area contributed by atoms with Crippen LogP contribution in [0.5, 0.6) is 0 Å². The molecule has 0 atom stereocenters. The fourth-order valence-corrected chi connectivity index (χ4v) is 2.46. The minimum atomic E-state index is 0.665. The van der Waals surface area contributed by atoms with Crippen molar-refractivity contribution in [2.75, 3.05) is 6.54 Å². The van der Waals surface area contributed by atoms with Crippen molar-refractivity contribution < 1.29 is 0 Å². The second-order valence-corrected chi connectivity index (χ2v) is 4.39. The number of aryl methyl sites for hydroxylation is 1. The number of fused-ring (bicyclic) bond motifs is 1. The van der Waals surface area contributed by atoms with E-state index < -0.39 is 0 Å². The minimum absolute atomic E-state index is 0.665. The second-order valence-electron chi connectivity index (χ2n) is 4.39. The number of hydrogen-bond donors (Lipinski definition) is 1. The minimum Gasteiger partial charge on any atom is -0.330 e. The van der Waals surface area contributed by atoms with Gasteiger partial charge in [-0.1, -0.05) is 24.3 Å². The van der Waals surface area contributed by atoms with Gasteiger partial charge in [0.15, 0.2) is 5.82 Å². The van der Waals surface area contributed by atoms with Crippen LogP contribution >= 0.6 is 0 Å². The van der Waals surface area contributed by atoms with E-state index in [9.17, 15) is 0 Å². The summed E-state index contributed by atoms with van der Waals surface area (Å²) in [5, 5.41) is 8.58. The first kappa shape index (κ1) is 10.5. The summed E-state index contributed by atoms with van der Waals surface area (Å²) in [6.45, 7) is 1.70.